The smallest absolute Gasteiger partial charge is 0.243 e. The highest BCUT2D eigenvalue weighted by molar-refractivity contribution is 7.89. The van der Waals surface area contributed by atoms with Gasteiger partial charge in [0, 0.05) is 32.4 Å². The van der Waals surface area contributed by atoms with Gasteiger partial charge in [-0.25, -0.2) is 8.42 Å². The number of carbonyl (C=O) groups is 1. The molecule has 8 heteroatoms. The first-order valence-corrected chi connectivity index (χ1v) is 9.18. The van der Waals surface area contributed by atoms with Crippen LogP contribution in [0, 0.1) is 0 Å². The minimum absolute atomic E-state index is 0.0309. The van der Waals surface area contributed by atoms with Crippen molar-refractivity contribution < 1.29 is 13.2 Å². The van der Waals surface area contributed by atoms with Crippen molar-refractivity contribution in [2.75, 3.05) is 12.4 Å². The highest BCUT2D eigenvalue weighted by Gasteiger charge is 2.23. The second-order valence-electron chi connectivity index (χ2n) is 5.96. The minimum atomic E-state index is -3.62. The predicted octanol–water partition coefficient (Wildman–Crippen LogP) is 1.52. The van der Waals surface area contributed by atoms with Crippen molar-refractivity contribution in [2.45, 2.75) is 30.7 Å². The van der Waals surface area contributed by atoms with E-state index in [0.717, 1.165) is 5.56 Å². The molecule has 0 aliphatic carbocycles. The molecule has 0 atom stereocenters. The van der Waals surface area contributed by atoms with Crippen molar-refractivity contribution in [3.05, 3.63) is 41.7 Å². The fourth-order valence-corrected chi connectivity index (χ4v) is 3.95. The number of nitrogens with zero attached hydrogens (tertiary/aromatic N) is 3. The first-order valence-electron chi connectivity index (χ1n) is 7.74. The summed E-state index contributed by atoms with van der Waals surface area (Å²) in [5.74, 6) is -0.0309. The number of hydrogen-bond acceptors (Lipinski definition) is 4. The highest BCUT2D eigenvalue weighted by atomic mass is 32.2. The summed E-state index contributed by atoms with van der Waals surface area (Å²) >= 11 is 0. The van der Waals surface area contributed by atoms with E-state index in [1.165, 1.54) is 17.4 Å². The zero-order valence-corrected chi connectivity index (χ0v) is 14.5. The number of rotatable bonds is 4. The summed E-state index contributed by atoms with van der Waals surface area (Å²) in [6.07, 6.45) is 3.63. The first kappa shape index (κ1) is 16.7. The van der Waals surface area contributed by atoms with Gasteiger partial charge < -0.3 is 5.32 Å². The number of aromatic nitrogens is 2. The third-order valence-corrected chi connectivity index (χ3v) is 5.86. The molecule has 0 fully saturated rings. The van der Waals surface area contributed by atoms with Crippen LogP contribution in [0.2, 0.25) is 0 Å². The van der Waals surface area contributed by atoms with Gasteiger partial charge in [-0.1, -0.05) is 0 Å². The van der Waals surface area contributed by atoms with Gasteiger partial charge in [0.15, 0.2) is 0 Å². The summed E-state index contributed by atoms with van der Waals surface area (Å²) in [6, 6.07) is 6.65. The topological polar surface area (TPSA) is 84.3 Å². The molecule has 128 valence electrons. The maximum atomic E-state index is 12.8. The van der Waals surface area contributed by atoms with E-state index in [1.54, 1.807) is 36.1 Å². The molecule has 2 heterocycles. The maximum Gasteiger partial charge on any atom is 0.243 e. The van der Waals surface area contributed by atoms with Gasteiger partial charge in [0.25, 0.3) is 0 Å². The fraction of sp³-hybridized carbons (Fsp3) is 0.375. The molecule has 1 aromatic carbocycles. The Bertz CT molecular complexity index is 873. The molecule has 0 saturated carbocycles. The Morgan fingerprint density at radius 3 is 2.79 bits per heavy atom. The van der Waals surface area contributed by atoms with Crippen LogP contribution in [0.25, 0.3) is 0 Å². The molecule has 0 saturated heterocycles. The lowest BCUT2D eigenvalue weighted by Gasteiger charge is -2.17. The van der Waals surface area contributed by atoms with E-state index in [9.17, 15) is 13.2 Å². The monoisotopic (exact) mass is 348 g/mol. The number of carbonyl (C=O) groups excluding carboxylic acids is 1. The molecule has 1 aromatic heterocycles. The summed E-state index contributed by atoms with van der Waals surface area (Å²) in [6.45, 7) is 0.205. The van der Waals surface area contributed by atoms with Gasteiger partial charge in [0.05, 0.1) is 17.1 Å². The predicted molar refractivity (Wildman–Crippen MR) is 89.9 cm³/mol. The van der Waals surface area contributed by atoms with Gasteiger partial charge in [-0.05, 0) is 42.7 Å². The van der Waals surface area contributed by atoms with Crippen LogP contribution in [0.1, 0.15) is 24.1 Å². The average Bonchev–Trinajstić information content (AvgIpc) is 2.83. The van der Waals surface area contributed by atoms with Crippen LogP contribution in [0.3, 0.4) is 0 Å². The third-order valence-electron chi connectivity index (χ3n) is 4.06. The molecule has 0 spiro atoms. The van der Waals surface area contributed by atoms with Crippen LogP contribution in [-0.2, 0) is 34.8 Å². The van der Waals surface area contributed by atoms with Crippen LogP contribution in [-0.4, -0.2) is 35.5 Å². The zero-order chi connectivity index (χ0) is 17.3. The standard InChI is InChI=1S/C16H20N4O3S/c1-19-9-8-13(18-19)11-20(2)24(22,23)14-6-7-15-12(10-14)4-3-5-16(21)17-15/h6-10H,3-5,11H2,1-2H3,(H,17,21). The van der Waals surface area contributed by atoms with Crippen LogP contribution in [0.5, 0.6) is 0 Å². The molecule has 1 N–H and O–H groups in total. The molecule has 3 rings (SSSR count). The molecule has 24 heavy (non-hydrogen) atoms. The minimum Gasteiger partial charge on any atom is -0.326 e. The molecular weight excluding hydrogens is 328 g/mol. The average molecular weight is 348 g/mol. The summed E-state index contributed by atoms with van der Waals surface area (Å²) in [5.41, 5.74) is 2.24. The van der Waals surface area contributed by atoms with E-state index in [4.69, 9.17) is 0 Å². The maximum absolute atomic E-state index is 12.8. The molecule has 1 aliphatic rings. The number of fused-ring (bicyclic) bond motifs is 1. The van der Waals surface area contributed by atoms with Crippen LogP contribution >= 0.6 is 0 Å². The number of nitrogens with one attached hydrogen (secondary N) is 1. The van der Waals surface area contributed by atoms with E-state index in [1.807, 2.05) is 0 Å². The quantitative estimate of drug-likeness (QED) is 0.908. The number of amides is 1. The van der Waals surface area contributed by atoms with E-state index in [0.29, 0.717) is 30.6 Å². The Hall–Kier alpha value is -2.19. The van der Waals surface area contributed by atoms with Gasteiger partial charge in [-0.15, -0.1) is 0 Å². The largest absolute Gasteiger partial charge is 0.326 e. The van der Waals surface area contributed by atoms with Crippen molar-refractivity contribution in [2.24, 2.45) is 7.05 Å². The SMILES string of the molecule is CN(Cc1ccn(C)n1)S(=O)(=O)c1ccc2c(c1)CCCC(=O)N2. The molecule has 0 bridgehead atoms. The van der Waals surface area contributed by atoms with Crippen LogP contribution in [0.4, 0.5) is 5.69 Å². The number of sulfonamides is 1. The van der Waals surface area contributed by atoms with Gasteiger partial charge >= 0.3 is 0 Å². The summed E-state index contributed by atoms with van der Waals surface area (Å²) in [5, 5.41) is 7.02. The third kappa shape index (κ3) is 3.34. The molecule has 7 nitrogen and oxygen atoms in total. The second-order valence-corrected chi connectivity index (χ2v) is 8.01. The summed E-state index contributed by atoms with van der Waals surface area (Å²) in [7, 11) is -0.286. The Kier molecular flexibility index (Phi) is 4.42. The Balaban J connectivity index is 1.86. The molecule has 1 aliphatic heterocycles. The lowest BCUT2D eigenvalue weighted by Crippen LogP contribution is -2.27. The number of benzene rings is 1. The highest BCUT2D eigenvalue weighted by Crippen LogP contribution is 2.26. The van der Waals surface area contributed by atoms with E-state index in [-0.39, 0.29) is 17.3 Å². The second kappa shape index (κ2) is 6.37. The van der Waals surface area contributed by atoms with E-state index >= 15 is 0 Å². The Morgan fingerprint density at radius 2 is 2.08 bits per heavy atom. The van der Waals surface area contributed by atoms with Crippen molar-refractivity contribution in [3.8, 4) is 0 Å². The van der Waals surface area contributed by atoms with Crippen molar-refractivity contribution in [1.82, 2.24) is 14.1 Å². The van der Waals surface area contributed by atoms with Gasteiger partial charge in [0.1, 0.15) is 0 Å². The zero-order valence-electron chi connectivity index (χ0n) is 13.7. The lowest BCUT2D eigenvalue weighted by atomic mass is 10.1. The summed E-state index contributed by atoms with van der Waals surface area (Å²) < 4.78 is 28.5. The Morgan fingerprint density at radius 1 is 1.29 bits per heavy atom. The lowest BCUT2D eigenvalue weighted by molar-refractivity contribution is -0.116. The normalized spacial score (nSPS) is 15.0. The summed E-state index contributed by atoms with van der Waals surface area (Å²) in [4.78, 5) is 11.8. The van der Waals surface area contributed by atoms with Crippen molar-refractivity contribution in [1.29, 1.82) is 0 Å². The van der Waals surface area contributed by atoms with Gasteiger partial charge in [-0.2, -0.15) is 9.40 Å². The Labute approximate surface area is 141 Å². The van der Waals surface area contributed by atoms with Crippen LogP contribution < -0.4 is 5.32 Å². The van der Waals surface area contributed by atoms with Crippen molar-refractivity contribution in [3.63, 3.8) is 0 Å². The molecule has 0 radical (unpaired) electrons. The fourth-order valence-electron chi connectivity index (χ4n) is 2.75. The van der Waals surface area contributed by atoms with Gasteiger partial charge in [0.2, 0.25) is 15.9 Å². The number of hydrogen-bond donors (Lipinski definition) is 1. The first-order chi connectivity index (χ1) is 11.4. The van der Waals surface area contributed by atoms with Crippen LogP contribution in [0.15, 0.2) is 35.4 Å². The van der Waals surface area contributed by atoms with Crippen molar-refractivity contribution >= 4 is 21.6 Å². The molecule has 0 unspecified atom stereocenters. The van der Waals surface area contributed by atoms with Gasteiger partial charge in [-0.3, -0.25) is 9.48 Å². The number of aryl methyl sites for hydroxylation is 2. The molecule has 1 amide bonds. The number of anilines is 1. The molecule has 2 aromatic rings. The molecular formula is C16H20N4O3S. The van der Waals surface area contributed by atoms with E-state index < -0.39 is 10.0 Å². The van der Waals surface area contributed by atoms with E-state index in [2.05, 4.69) is 10.4 Å².